The van der Waals surface area contributed by atoms with Crippen molar-refractivity contribution in [3.8, 4) is 11.4 Å². The van der Waals surface area contributed by atoms with E-state index in [1.807, 2.05) is 24.0 Å². The Morgan fingerprint density at radius 2 is 2.00 bits per heavy atom. The Hall–Kier alpha value is -3.49. The van der Waals surface area contributed by atoms with Crippen LogP contribution < -0.4 is 10.2 Å². The zero-order chi connectivity index (χ0) is 20.0. The summed E-state index contributed by atoms with van der Waals surface area (Å²) in [6.45, 7) is 1.92. The Morgan fingerprint density at radius 3 is 2.76 bits per heavy atom. The van der Waals surface area contributed by atoms with Crippen molar-refractivity contribution >= 4 is 17.5 Å². The summed E-state index contributed by atoms with van der Waals surface area (Å²) < 4.78 is 13.1. The number of carbonyl (C=O) groups is 1. The molecule has 1 saturated carbocycles. The predicted octanol–water partition coefficient (Wildman–Crippen LogP) is 2.38. The minimum Gasteiger partial charge on any atom is -0.324 e. The van der Waals surface area contributed by atoms with Crippen LogP contribution in [0, 0.1) is 18.7 Å². The molecule has 1 aromatic carbocycles. The summed E-state index contributed by atoms with van der Waals surface area (Å²) in [5, 5.41) is 11.0. The second-order valence-corrected chi connectivity index (χ2v) is 7.41. The number of aryl methyl sites for hydroxylation is 1. The molecule has 2 unspecified atom stereocenters. The lowest BCUT2D eigenvalue weighted by molar-refractivity contribution is -0.117. The van der Waals surface area contributed by atoms with E-state index in [1.165, 1.54) is 6.20 Å². The van der Waals surface area contributed by atoms with Crippen molar-refractivity contribution in [1.82, 2.24) is 25.1 Å². The minimum absolute atomic E-state index is 0.112. The zero-order valence-corrected chi connectivity index (χ0v) is 15.7. The quantitative estimate of drug-likeness (QED) is 0.729. The molecule has 146 valence electrons. The number of piperidine rings is 1. The Balaban J connectivity index is 1.38. The fourth-order valence-corrected chi connectivity index (χ4v) is 3.95. The molecular weight excluding hydrogens is 373 g/mol. The fourth-order valence-electron chi connectivity index (χ4n) is 3.95. The second kappa shape index (κ2) is 6.84. The third-order valence-electron chi connectivity index (χ3n) is 5.47. The van der Waals surface area contributed by atoms with Crippen LogP contribution in [0.2, 0.25) is 0 Å². The summed E-state index contributed by atoms with van der Waals surface area (Å²) in [6, 6.07) is 5.49. The number of hydrogen-bond donors (Lipinski definition) is 1. The van der Waals surface area contributed by atoms with Crippen LogP contribution in [0.3, 0.4) is 0 Å². The maximum absolute atomic E-state index is 13.1. The number of anilines is 2. The van der Waals surface area contributed by atoms with Crippen molar-refractivity contribution in [1.29, 1.82) is 0 Å². The molecule has 2 aliphatic rings. The number of hydrogen-bond acceptors (Lipinski definition) is 7. The van der Waals surface area contributed by atoms with Gasteiger partial charge in [0.1, 0.15) is 6.04 Å². The van der Waals surface area contributed by atoms with E-state index in [9.17, 15) is 9.18 Å². The van der Waals surface area contributed by atoms with Crippen LogP contribution in [0.4, 0.5) is 16.0 Å². The van der Waals surface area contributed by atoms with Crippen LogP contribution in [-0.2, 0) is 4.79 Å². The predicted molar refractivity (Wildman–Crippen MR) is 103 cm³/mol. The number of benzene rings is 1. The van der Waals surface area contributed by atoms with E-state index in [-0.39, 0.29) is 11.9 Å². The van der Waals surface area contributed by atoms with Crippen molar-refractivity contribution in [3.63, 3.8) is 0 Å². The third kappa shape index (κ3) is 3.28. The molecule has 3 aromatic rings. The molecule has 2 fully saturated rings. The molecule has 9 heteroatoms. The second-order valence-electron chi connectivity index (χ2n) is 7.41. The average Bonchev–Trinajstić information content (AvgIpc) is 3.40. The number of rotatable bonds is 4. The molecule has 29 heavy (non-hydrogen) atoms. The van der Waals surface area contributed by atoms with Gasteiger partial charge in [0.25, 0.3) is 0 Å². The molecule has 1 amide bonds. The molecule has 1 aliphatic heterocycles. The van der Waals surface area contributed by atoms with Gasteiger partial charge in [0.15, 0.2) is 11.6 Å². The van der Waals surface area contributed by atoms with Crippen LogP contribution in [-0.4, -0.2) is 43.1 Å². The highest BCUT2D eigenvalue weighted by atomic mass is 19.1. The van der Waals surface area contributed by atoms with Crippen molar-refractivity contribution in [2.24, 2.45) is 5.92 Å². The first-order chi connectivity index (χ1) is 14.1. The fraction of sp³-hybridized carbons (Fsp3) is 0.300. The number of carbonyl (C=O) groups excluding carboxylic acids is 1. The molecule has 0 radical (unpaired) electrons. The van der Waals surface area contributed by atoms with Gasteiger partial charge in [-0.25, -0.2) is 19.3 Å². The van der Waals surface area contributed by atoms with Gasteiger partial charge in [-0.15, -0.1) is 5.10 Å². The molecule has 0 bridgehead atoms. The summed E-state index contributed by atoms with van der Waals surface area (Å²) in [7, 11) is 0. The Morgan fingerprint density at radius 1 is 1.17 bits per heavy atom. The smallest absolute Gasteiger partial charge is 0.247 e. The number of nitrogens with zero attached hydrogens (tertiary/aromatic N) is 6. The average molecular weight is 391 g/mol. The largest absolute Gasteiger partial charge is 0.324 e. The van der Waals surface area contributed by atoms with E-state index in [4.69, 9.17) is 0 Å². The van der Waals surface area contributed by atoms with Gasteiger partial charge >= 0.3 is 0 Å². The lowest BCUT2D eigenvalue weighted by Crippen LogP contribution is -2.43. The summed E-state index contributed by atoms with van der Waals surface area (Å²) in [4.78, 5) is 27.4. The van der Waals surface area contributed by atoms with E-state index >= 15 is 0 Å². The highest BCUT2D eigenvalue weighted by molar-refractivity contribution is 5.98. The molecule has 5 rings (SSSR count). The van der Waals surface area contributed by atoms with Gasteiger partial charge in [-0.2, -0.15) is 5.10 Å². The zero-order valence-electron chi connectivity index (χ0n) is 15.7. The third-order valence-corrected chi connectivity index (χ3v) is 5.47. The standard InChI is InChI=1S/C20H18FN7O/c1-11-2-3-14(8-15(11)18-23-9-13(21)10-24-18)26-19(29)17-7-12-6-16(12)28(17)20-22-4-5-25-27-20/h2-5,8-10,12,16-17H,6-7H2,1H3,(H,26,29)/t12-,16?,17?/m0/s1. The van der Waals surface area contributed by atoms with E-state index in [1.54, 1.807) is 12.3 Å². The van der Waals surface area contributed by atoms with Gasteiger partial charge in [0, 0.05) is 17.3 Å². The SMILES string of the molecule is Cc1ccc(NC(=O)C2C[C@@H]3CC3N2c2nccnn2)cc1-c1ncc(F)cn1. The normalized spacial score (nSPS) is 22.3. The summed E-state index contributed by atoms with van der Waals surface area (Å²) in [6.07, 6.45) is 7.19. The van der Waals surface area contributed by atoms with E-state index in [0.29, 0.717) is 29.4 Å². The number of amides is 1. The van der Waals surface area contributed by atoms with Crippen LogP contribution in [0.5, 0.6) is 0 Å². The topological polar surface area (TPSA) is 96.8 Å². The van der Waals surface area contributed by atoms with Gasteiger partial charge in [-0.05, 0) is 43.4 Å². The molecule has 1 aliphatic carbocycles. The van der Waals surface area contributed by atoms with E-state index < -0.39 is 5.82 Å². The first-order valence-electron chi connectivity index (χ1n) is 9.41. The van der Waals surface area contributed by atoms with E-state index in [2.05, 4.69) is 30.5 Å². The lowest BCUT2D eigenvalue weighted by atomic mass is 10.1. The molecule has 1 N–H and O–H groups in total. The van der Waals surface area contributed by atoms with Crippen LogP contribution in [0.15, 0.2) is 43.0 Å². The van der Waals surface area contributed by atoms with Gasteiger partial charge < -0.3 is 10.2 Å². The molecule has 3 heterocycles. The van der Waals surface area contributed by atoms with Crippen LogP contribution in [0.1, 0.15) is 18.4 Å². The lowest BCUT2D eigenvalue weighted by Gasteiger charge is -2.26. The first kappa shape index (κ1) is 17.6. The molecule has 3 atom stereocenters. The van der Waals surface area contributed by atoms with Gasteiger partial charge in [0.05, 0.1) is 24.8 Å². The Labute approximate surface area is 166 Å². The monoisotopic (exact) mass is 391 g/mol. The molecule has 1 saturated heterocycles. The van der Waals surface area contributed by atoms with Crippen molar-refractivity contribution in [2.75, 3.05) is 10.2 Å². The first-order valence-corrected chi connectivity index (χ1v) is 9.41. The molecule has 2 aromatic heterocycles. The van der Waals surface area contributed by atoms with Gasteiger partial charge in [-0.1, -0.05) is 6.07 Å². The van der Waals surface area contributed by atoms with Crippen LogP contribution >= 0.6 is 0 Å². The van der Waals surface area contributed by atoms with E-state index in [0.717, 1.165) is 36.4 Å². The summed E-state index contributed by atoms with van der Waals surface area (Å²) >= 11 is 0. The molecular formula is C20H18FN7O. The maximum Gasteiger partial charge on any atom is 0.247 e. The highest BCUT2D eigenvalue weighted by Crippen LogP contribution is 2.49. The number of fused-ring (bicyclic) bond motifs is 1. The minimum atomic E-state index is -0.492. The van der Waals surface area contributed by atoms with Crippen molar-refractivity contribution in [3.05, 3.63) is 54.4 Å². The van der Waals surface area contributed by atoms with Crippen LogP contribution in [0.25, 0.3) is 11.4 Å². The Bertz CT molecular complexity index is 1060. The maximum atomic E-state index is 13.1. The van der Waals surface area contributed by atoms with Gasteiger partial charge in [-0.3, -0.25) is 4.79 Å². The van der Waals surface area contributed by atoms with Gasteiger partial charge in [0.2, 0.25) is 11.9 Å². The molecule has 0 spiro atoms. The number of aromatic nitrogens is 5. The number of nitrogens with one attached hydrogen (secondary N) is 1. The Kier molecular flexibility index (Phi) is 4.15. The molecule has 8 nitrogen and oxygen atoms in total. The van der Waals surface area contributed by atoms with Crippen molar-refractivity contribution in [2.45, 2.75) is 31.8 Å². The van der Waals surface area contributed by atoms with Crippen molar-refractivity contribution < 1.29 is 9.18 Å². The summed E-state index contributed by atoms with van der Waals surface area (Å²) in [5.41, 5.74) is 2.31. The summed E-state index contributed by atoms with van der Waals surface area (Å²) in [5.74, 6) is 0.790. The highest BCUT2D eigenvalue weighted by Gasteiger charge is 2.55. The number of halogens is 1.